The van der Waals surface area contributed by atoms with E-state index in [1.165, 1.54) is 0 Å². The summed E-state index contributed by atoms with van der Waals surface area (Å²) in [6.45, 7) is 1.86. The first-order valence-corrected chi connectivity index (χ1v) is 3.96. The van der Waals surface area contributed by atoms with E-state index < -0.39 is 0 Å². The highest BCUT2D eigenvalue weighted by Gasteiger charge is 2.03. The second-order valence-corrected chi connectivity index (χ2v) is 2.37. The monoisotopic (exact) mass is 174 g/mol. The summed E-state index contributed by atoms with van der Waals surface area (Å²) in [7, 11) is 0. The van der Waals surface area contributed by atoms with E-state index >= 15 is 0 Å². The molecule has 0 aromatic heterocycles. The number of ether oxygens (including phenoxy) is 1. The molecule has 0 amide bonds. The topological polar surface area (TPSA) is 26.3 Å². The Labute approximate surface area is 77.5 Å². The summed E-state index contributed by atoms with van der Waals surface area (Å²) in [6, 6.07) is 8.86. The summed E-state index contributed by atoms with van der Waals surface area (Å²) >= 11 is 0. The van der Waals surface area contributed by atoms with Gasteiger partial charge in [-0.25, -0.2) is 4.79 Å². The normalized spacial score (nSPS) is 8.38. The molecule has 1 aromatic rings. The molecule has 0 spiro atoms. The largest absolute Gasteiger partial charge is 0.449 e. The lowest BCUT2D eigenvalue weighted by atomic mass is 10.2. The van der Waals surface area contributed by atoms with Crippen molar-refractivity contribution < 1.29 is 9.53 Å². The molecule has 66 valence electrons. The third-order valence-electron chi connectivity index (χ3n) is 1.46. The smallest absolute Gasteiger partial charge is 0.339 e. The minimum Gasteiger partial charge on any atom is -0.449 e. The molecule has 0 fully saturated rings. The predicted molar refractivity (Wildman–Crippen MR) is 50.2 cm³/mol. The van der Waals surface area contributed by atoms with Crippen molar-refractivity contribution in [2.45, 2.75) is 6.92 Å². The number of carbonyl (C=O) groups is 1. The number of carbonyl (C=O) groups excluding carboxylic acids is 1. The summed E-state index contributed by atoms with van der Waals surface area (Å²) in [5, 5.41) is 0. The van der Waals surface area contributed by atoms with Crippen LogP contribution in [0.1, 0.15) is 17.3 Å². The maximum Gasteiger partial charge on any atom is 0.339 e. The third-order valence-corrected chi connectivity index (χ3v) is 1.46. The maximum atomic E-state index is 11.2. The number of hydrogen-bond donors (Lipinski definition) is 0. The van der Waals surface area contributed by atoms with Gasteiger partial charge in [-0.2, -0.15) is 0 Å². The van der Waals surface area contributed by atoms with Gasteiger partial charge in [-0.3, -0.25) is 0 Å². The molecule has 2 nitrogen and oxygen atoms in total. The van der Waals surface area contributed by atoms with Gasteiger partial charge in [0.05, 0.1) is 5.56 Å². The fraction of sp³-hybridized carbons (Fsp3) is 0.182. The molecule has 0 N–H and O–H groups in total. The lowest BCUT2D eigenvalue weighted by Crippen LogP contribution is -2.04. The first kappa shape index (κ1) is 9.34. The number of esters is 1. The highest BCUT2D eigenvalue weighted by atomic mass is 16.5. The van der Waals surface area contributed by atoms with Gasteiger partial charge in [0.15, 0.2) is 6.61 Å². The van der Waals surface area contributed by atoms with Gasteiger partial charge in [-0.05, 0) is 19.1 Å². The van der Waals surface area contributed by atoms with Crippen LogP contribution >= 0.6 is 0 Å². The van der Waals surface area contributed by atoms with E-state index in [1.807, 2.05) is 6.07 Å². The molecule has 0 saturated heterocycles. The van der Waals surface area contributed by atoms with Crippen LogP contribution in [-0.4, -0.2) is 12.6 Å². The van der Waals surface area contributed by atoms with Gasteiger partial charge < -0.3 is 4.74 Å². The minimum absolute atomic E-state index is 0.157. The van der Waals surface area contributed by atoms with Crippen molar-refractivity contribution in [2.75, 3.05) is 6.61 Å². The minimum atomic E-state index is -0.330. The van der Waals surface area contributed by atoms with Crippen molar-refractivity contribution >= 4 is 5.97 Å². The van der Waals surface area contributed by atoms with E-state index in [1.54, 1.807) is 31.2 Å². The Morgan fingerprint density at radius 2 is 2.08 bits per heavy atom. The van der Waals surface area contributed by atoms with E-state index in [0.717, 1.165) is 0 Å². The van der Waals surface area contributed by atoms with Crippen LogP contribution in [0.15, 0.2) is 30.3 Å². The fourth-order valence-electron chi connectivity index (χ4n) is 0.831. The lowest BCUT2D eigenvalue weighted by Gasteiger charge is -1.99. The summed E-state index contributed by atoms with van der Waals surface area (Å²) in [5.41, 5.74) is 0.556. The maximum absolute atomic E-state index is 11.2. The molecule has 0 aliphatic rings. The van der Waals surface area contributed by atoms with Gasteiger partial charge in [0, 0.05) is 0 Å². The van der Waals surface area contributed by atoms with Crippen LogP contribution in [0.5, 0.6) is 0 Å². The third kappa shape index (κ3) is 3.00. The van der Waals surface area contributed by atoms with Gasteiger partial charge >= 0.3 is 5.97 Å². The SMILES string of the molecule is CC#CCOC(=O)c1ccccc1. The highest BCUT2D eigenvalue weighted by molar-refractivity contribution is 5.89. The Morgan fingerprint density at radius 3 is 2.69 bits per heavy atom. The zero-order valence-corrected chi connectivity index (χ0v) is 7.41. The Morgan fingerprint density at radius 1 is 1.38 bits per heavy atom. The quantitative estimate of drug-likeness (QED) is 0.505. The molecule has 13 heavy (non-hydrogen) atoms. The van der Waals surface area contributed by atoms with Crippen molar-refractivity contribution in [2.24, 2.45) is 0 Å². The predicted octanol–water partition coefficient (Wildman–Crippen LogP) is 1.87. The Bertz CT molecular complexity index is 330. The van der Waals surface area contributed by atoms with Crippen LogP contribution in [0.2, 0.25) is 0 Å². The van der Waals surface area contributed by atoms with Gasteiger partial charge in [-0.1, -0.05) is 24.1 Å². The second kappa shape index (κ2) is 5.00. The molecule has 0 radical (unpaired) electrons. The van der Waals surface area contributed by atoms with E-state index in [-0.39, 0.29) is 12.6 Å². The zero-order chi connectivity index (χ0) is 9.52. The van der Waals surface area contributed by atoms with Crippen LogP contribution in [-0.2, 0) is 4.74 Å². The van der Waals surface area contributed by atoms with Crippen LogP contribution in [0.3, 0.4) is 0 Å². The molecule has 0 atom stereocenters. The molecule has 2 heteroatoms. The van der Waals surface area contributed by atoms with Gasteiger partial charge in [-0.15, -0.1) is 5.92 Å². The molecule has 1 aromatic carbocycles. The molecule has 1 rings (SSSR count). The summed E-state index contributed by atoms with van der Waals surface area (Å²) in [6.07, 6.45) is 0. The molecule has 0 bridgehead atoms. The molecule has 0 aliphatic carbocycles. The van der Waals surface area contributed by atoms with Crippen LogP contribution in [0.4, 0.5) is 0 Å². The van der Waals surface area contributed by atoms with Crippen molar-refractivity contribution in [3.8, 4) is 11.8 Å². The average Bonchev–Trinajstić information content (AvgIpc) is 2.19. The molecule has 0 unspecified atom stereocenters. The van der Waals surface area contributed by atoms with Gasteiger partial charge in [0.25, 0.3) is 0 Å². The van der Waals surface area contributed by atoms with Crippen LogP contribution < -0.4 is 0 Å². The van der Waals surface area contributed by atoms with E-state index in [0.29, 0.717) is 5.56 Å². The Hall–Kier alpha value is -1.75. The number of hydrogen-bond acceptors (Lipinski definition) is 2. The standard InChI is InChI=1S/C11H10O2/c1-2-3-9-13-11(12)10-7-5-4-6-8-10/h4-8H,9H2,1H3. The Kier molecular flexibility index (Phi) is 3.59. The molecule has 0 aliphatic heterocycles. The fourth-order valence-corrected chi connectivity index (χ4v) is 0.831. The Balaban J connectivity index is 2.53. The zero-order valence-electron chi connectivity index (χ0n) is 7.41. The number of benzene rings is 1. The van der Waals surface area contributed by atoms with Crippen LogP contribution in [0.25, 0.3) is 0 Å². The molecule has 0 saturated carbocycles. The van der Waals surface area contributed by atoms with Crippen LogP contribution in [0, 0.1) is 11.8 Å². The van der Waals surface area contributed by atoms with E-state index in [2.05, 4.69) is 11.8 Å². The molecular formula is C11H10O2. The summed E-state index contributed by atoms with van der Waals surface area (Å²) in [5.74, 6) is 4.97. The van der Waals surface area contributed by atoms with Crippen molar-refractivity contribution in [1.29, 1.82) is 0 Å². The molecular weight excluding hydrogens is 164 g/mol. The van der Waals surface area contributed by atoms with Gasteiger partial charge in [0.1, 0.15) is 0 Å². The molecule has 0 heterocycles. The highest BCUT2D eigenvalue weighted by Crippen LogP contribution is 2.00. The van der Waals surface area contributed by atoms with E-state index in [4.69, 9.17) is 4.74 Å². The van der Waals surface area contributed by atoms with E-state index in [9.17, 15) is 4.79 Å². The summed E-state index contributed by atoms with van der Waals surface area (Å²) < 4.78 is 4.86. The number of rotatable bonds is 2. The summed E-state index contributed by atoms with van der Waals surface area (Å²) in [4.78, 5) is 11.2. The lowest BCUT2D eigenvalue weighted by molar-refractivity contribution is 0.0556. The van der Waals surface area contributed by atoms with Crippen molar-refractivity contribution in [3.05, 3.63) is 35.9 Å². The average molecular weight is 174 g/mol. The van der Waals surface area contributed by atoms with Crippen molar-refractivity contribution in [3.63, 3.8) is 0 Å². The first-order valence-electron chi connectivity index (χ1n) is 3.96. The van der Waals surface area contributed by atoms with Gasteiger partial charge in [0.2, 0.25) is 0 Å². The first-order chi connectivity index (χ1) is 6.34. The second-order valence-electron chi connectivity index (χ2n) is 2.37. The van der Waals surface area contributed by atoms with Crippen molar-refractivity contribution in [1.82, 2.24) is 0 Å².